The van der Waals surface area contributed by atoms with Crippen LogP contribution in [0.25, 0.3) is 0 Å². The van der Waals surface area contributed by atoms with Gasteiger partial charge in [-0.1, -0.05) is 84.0 Å². The molecule has 4 nitrogen and oxygen atoms in total. The summed E-state index contributed by atoms with van der Waals surface area (Å²) in [5, 5.41) is 8.50. The van der Waals surface area contributed by atoms with Gasteiger partial charge in [-0.3, -0.25) is 9.59 Å². The molecule has 1 N–H and O–H groups in total. The smallest absolute Gasteiger partial charge is 0.380 e. The van der Waals surface area contributed by atoms with Gasteiger partial charge in [0.25, 0.3) is 0 Å². The van der Waals surface area contributed by atoms with E-state index in [9.17, 15) is 14.4 Å². The molecule has 0 unspecified atom stereocenters. The van der Waals surface area contributed by atoms with Crippen molar-refractivity contribution < 1.29 is 19.5 Å². The number of carbonyl (C=O) groups excluding carboxylic acids is 2. The minimum Gasteiger partial charge on any atom is -0.475 e. The first-order valence-corrected chi connectivity index (χ1v) is 9.86. The number of hydrogen-bond acceptors (Lipinski definition) is 3. The fourth-order valence-electron chi connectivity index (χ4n) is 3.99. The van der Waals surface area contributed by atoms with Gasteiger partial charge in [0.1, 0.15) is 0 Å². The third kappa shape index (κ3) is 8.07. The molecule has 0 radical (unpaired) electrons. The predicted molar refractivity (Wildman–Crippen MR) is 94.9 cm³/mol. The second kappa shape index (κ2) is 12.2. The van der Waals surface area contributed by atoms with E-state index in [-0.39, 0.29) is 6.42 Å². The van der Waals surface area contributed by atoms with Crippen molar-refractivity contribution in [1.29, 1.82) is 0 Å². The molecule has 2 atom stereocenters. The molecule has 0 aliphatic heterocycles. The number of carboxylic acid groups (broad SMARTS) is 1. The van der Waals surface area contributed by atoms with Crippen LogP contribution in [0.3, 0.4) is 0 Å². The maximum Gasteiger partial charge on any atom is 0.380 e. The normalized spacial score (nSPS) is 20.2. The van der Waals surface area contributed by atoms with Crippen molar-refractivity contribution in [3.8, 4) is 0 Å². The van der Waals surface area contributed by atoms with Crippen LogP contribution in [0.1, 0.15) is 96.8 Å². The summed E-state index contributed by atoms with van der Waals surface area (Å²) in [6, 6.07) is 0. The van der Waals surface area contributed by atoms with E-state index in [1.54, 1.807) is 0 Å². The summed E-state index contributed by atoms with van der Waals surface area (Å²) in [6.07, 6.45) is 16.2. The molecule has 0 saturated heterocycles. The van der Waals surface area contributed by atoms with E-state index in [4.69, 9.17) is 5.11 Å². The van der Waals surface area contributed by atoms with Crippen molar-refractivity contribution in [2.24, 2.45) is 11.8 Å². The Morgan fingerprint density at radius 1 is 0.833 bits per heavy atom. The fourth-order valence-corrected chi connectivity index (χ4v) is 3.99. The molecule has 0 aromatic heterocycles. The van der Waals surface area contributed by atoms with Crippen LogP contribution >= 0.6 is 0 Å². The fraction of sp³-hybridized carbons (Fsp3) is 0.850. The van der Waals surface area contributed by atoms with Gasteiger partial charge in [0.05, 0.1) is 0 Å². The largest absolute Gasteiger partial charge is 0.475 e. The lowest BCUT2D eigenvalue weighted by Gasteiger charge is -2.19. The van der Waals surface area contributed by atoms with E-state index < -0.39 is 17.5 Å². The molecule has 138 valence electrons. The second-order valence-electron chi connectivity index (χ2n) is 7.31. The first-order valence-electron chi connectivity index (χ1n) is 9.86. The minimum atomic E-state index is -1.63. The third-order valence-electron chi connectivity index (χ3n) is 5.42. The van der Waals surface area contributed by atoms with Crippen LogP contribution in [0.2, 0.25) is 0 Å². The minimum absolute atomic E-state index is 0.0833. The highest BCUT2D eigenvalue weighted by Gasteiger charge is 2.26. The van der Waals surface area contributed by atoms with Gasteiger partial charge in [0.15, 0.2) is 0 Å². The maximum atomic E-state index is 11.4. The van der Waals surface area contributed by atoms with Crippen molar-refractivity contribution in [3.05, 3.63) is 0 Å². The van der Waals surface area contributed by atoms with Crippen molar-refractivity contribution >= 4 is 17.5 Å². The molecule has 1 aliphatic carbocycles. The Bertz CT molecular complexity index is 402. The molecule has 24 heavy (non-hydrogen) atoms. The molecule has 4 heteroatoms. The van der Waals surface area contributed by atoms with Gasteiger partial charge in [-0.25, -0.2) is 4.79 Å². The van der Waals surface area contributed by atoms with E-state index >= 15 is 0 Å². The first kappa shape index (κ1) is 20.9. The number of carboxylic acids is 1. The van der Waals surface area contributed by atoms with Gasteiger partial charge in [0, 0.05) is 6.42 Å². The number of Topliss-reactive ketones (excluding diaryl/α,β-unsaturated/α-hetero) is 2. The number of hydrogen-bond donors (Lipinski definition) is 1. The van der Waals surface area contributed by atoms with Gasteiger partial charge in [-0.15, -0.1) is 0 Å². The topological polar surface area (TPSA) is 71.4 Å². The van der Waals surface area contributed by atoms with Gasteiger partial charge in [0.2, 0.25) is 5.78 Å². The maximum absolute atomic E-state index is 11.4. The predicted octanol–water partition coefficient (Wildman–Crippen LogP) is 4.94. The second-order valence-corrected chi connectivity index (χ2v) is 7.31. The number of carbonyl (C=O) groups is 3. The van der Waals surface area contributed by atoms with Crippen LogP contribution in [0.15, 0.2) is 0 Å². The van der Waals surface area contributed by atoms with Crippen LogP contribution in [-0.4, -0.2) is 22.6 Å². The van der Waals surface area contributed by atoms with Crippen LogP contribution in [-0.2, 0) is 14.4 Å². The molecule has 0 aromatic rings. The molecule has 0 spiro atoms. The van der Waals surface area contributed by atoms with Crippen molar-refractivity contribution in [1.82, 2.24) is 0 Å². The van der Waals surface area contributed by atoms with E-state index in [0.717, 1.165) is 24.7 Å². The van der Waals surface area contributed by atoms with Crippen LogP contribution in [0.5, 0.6) is 0 Å². The molecule has 1 saturated carbocycles. The van der Waals surface area contributed by atoms with Crippen molar-refractivity contribution in [2.45, 2.75) is 96.8 Å². The number of unbranched alkanes of at least 4 members (excludes halogenated alkanes) is 6. The summed E-state index contributed by atoms with van der Waals surface area (Å²) in [4.78, 5) is 32.8. The Morgan fingerprint density at radius 3 is 1.96 bits per heavy atom. The van der Waals surface area contributed by atoms with Crippen LogP contribution in [0, 0.1) is 11.8 Å². The lowest BCUT2D eigenvalue weighted by Crippen LogP contribution is -2.23. The SMILES string of the molecule is CCCCCCCC[C@H]1CCC[C@@H]1CCCCC(=O)C(=O)C(=O)O. The van der Waals surface area contributed by atoms with Gasteiger partial charge in [-0.2, -0.15) is 0 Å². The zero-order chi connectivity index (χ0) is 17.8. The Morgan fingerprint density at radius 2 is 1.38 bits per heavy atom. The zero-order valence-electron chi connectivity index (χ0n) is 15.2. The Labute approximate surface area is 146 Å². The van der Waals surface area contributed by atoms with E-state index in [1.165, 1.54) is 64.2 Å². The summed E-state index contributed by atoms with van der Waals surface area (Å²) in [5.41, 5.74) is 0. The van der Waals surface area contributed by atoms with E-state index in [1.807, 2.05) is 0 Å². The average molecular weight is 338 g/mol. The monoisotopic (exact) mass is 338 g/mol. The standard InChI is InChI=1S/C20H34O4/c1-2-3-4-5-6-7-11-16-13-10-14-17(16)12-8-9-15-18(21)19(22)20(23)24/h16-17H,2-15H2,1H3,(H,23,24)/t16-,17-/m0/s1. The molecule has 1 rings (SSSR count). The highest BCUT2D eigenvalue weighted by Crippen LogP contribution is 2.38. The summed E-state index contributed by atoms with van der Waals surface area (Å²) >= 11 is 0. The summed E-state index contributed by atoms with van der Waals surface area (Å²) in [5.74, 6) is -2.04. The highest BCUT2D eigenvalue weighted by molar-refractivity contribution is 6.61. The van der Waals surface area contributed by atoms with Gasteiger partial charge >= 0.3 is 11.8 Å². The Hall–Kier alpha value is -1.19. The number of ketones is 2. The summed E-state index contributed by atoms with van der Waals surface area (Å²) in [6.45, 7) is 2.24. The lowest BCUT2D eigenvalue weighted by atomic mass is 9.86. The molecule has 1 fully saturated rings. The number of rotatable bonds is 14. The van der Waals surface area contributed by atoms with E-state index in [0.29, 0.717) is 6.42 Å². The average Bonchev–Trinajstić information content (AvgIpc) is 3.01. The third-order valence-corrected chi connectivity index (χ3v) is 5.42. The number of aliphatic carboxylic acids is 1. The van der Waals surface area contributed by atoms with Crippen molar-refractivity contribution in [2.75, 3.05) is 0 Å². The molecule has 0 bridgehead atoms. The van der Waals surface area contributed by atoms with Gasteiger partial charge in [-0.05, 0) is 18.3 Å². The Kier molecular flexibility index (Phi) is 10.6. The molecule has 0 aromatic carbocycles. The van der Waals surface area contributed by atoms with Gasteiger partial charge < -0.3 is 5.11 Å². The van der Waals surface area contributed by atoms with Crippen LogP contribution in [0.4, 0.5) is 0 Å². The molecule has 0 heterocycles. The Balaban J connectivity index is 2.12. The summed E-state index contributed by atoms with van der Waals surface area (Å²) in [7, 11) is 0. The zero-order valence-corrected chi connectivity index (χ0v) is 15.2. The molecule has 0 amide bonds. The lowest BCUT2D eigenvalue weighted by molar-refractivity contribution is -0.152. The van der Waals surface area contributed by atoms with E-state index in [2.05, 4.69) is 6.92 Å². The quantitative estimate of drug-likeness (QED) is 0.277. The van der Waals surface area contributed by atoms with Crippen LogP contribution < -0.4 is 0 Å². The highest BCUT2D eigenvalue weighted by atomic mass is 16.4. The molecular weight excluding hydrogens is 304 g/mol. The first-order chi connectivity index (χ1) is 11.6. The van der Waals surface area contributed by atoms with Crippen molar-refractivity contribution in [3.63, 3.8) is 0 Å². The molecular formula is C20H34O4. The molecule has 1 aliphatic rings. The summed E-state index contributed by atoms with van der Waals surface area (Å²) < 4.78 is 0.